The third-order valence-electron chi connectivity index (χ3n) is 6.13. The number of ether oxygens (including phenoxy) is 2. The monoisotopic (exact) mass is 500 g/mol. The van der Waals surface area contributed by atoms with E-state index in [0.29, 0.717) is 42.4 Å². The minimum absolute atomic E-state index is 0.0605. The average molecular weight is 501 g/mol. The van der Waals surface area contributed by atoms with E-state index < -0.39 is 5.60 Å². The summed E-state index contributed by atoms with van der Waals surface area (Å²) >= 11 is 8.15. The van der Waals surface area contributed by atoms with Crippen LogP contribution in [0.2, 0.25) is 5.02 Å². The van der Waals surface area contributed by atoms with Gasteiger partial charge in [-0.05, 0) is 53.6 Å². The highest BCUT2D eigenvalue weighted by Crippen LogP contribution is 2.37. The molecule has 0 aliphatic carbocycles. The van der Waals surface area contributed by atoms with Crippen molar-refractivity contribution >= 4 is 28.8 Å². The second-order valence-corrected chi connectivity index (χ2v) is 10.1. The van der Waals surface area contributed by atoms with Gasteiger partial charge in [-0.1, -0.05) is 17.7 Å². The summed E-state index contributed by atoms with van der Waals surface area (Å²) in [6, 6.07) is 11.2. The number of carbonyl (C=O) groups excluding carboxylic acids is 1. The summed E-state index contributed by atoms with van der Waals surface area (Å²) in [5.41, 5.74) is 2.42. The first-order valence-corrected chi connectivity index (χ1v) is 12.4. The van der Waals surface area contributed by atoms with E-state index in [0.717, 1.165) is 21.6 Å². The Morgan fingerprint density at radius 1 is 1.21 bits per heavy atom. The van der Waals surface area contributed by atoms with Gasteiger partial charge in [-0.2, -0.15) is 0 Å². The van der Waals surface area contributed by atoms with Crippen molar-refractivity contribution in [3.8, 4) is 27.4 Å². The highest BCUT2D eigenvalue weighted by molar-refractivity contribution is 7.14. The second-order valence-electron chi connectivity index (χ2n) is 8.81. The Morgan fingerprint density at radius 2 is 2.00 bits per heavy atom. The second kappa shape index (κ2) is 9.64. The van der Waals surface area contributed by atoms with Crippen LogP contribution in [-0.4, -0.2) is 70.6 Å². The van der Waals surface area contributed by atoms with Gasteiger partial charge in [0.05, 0.1) is 24.3 Å². The van der Waals surface area contributed by atoms with Crippen LogP contribution >= 0.6 is 22.9 Å². The fourth-order valence-electron chi connectivity index (χ4n) is 4.03. The number of aliphatic hydroxyl groups excluding tert-OH is 1. The topological polar surface area (TPSA) is 92.1 Å². The van der Waals surface area contributed by atoms with Crippen LogP contribution in [0, 0.1) is 0 Å². The van der Waals surface area contributed by atoms with Crippen LogP contribution in [0.15, 0.2) is 48.0 Å². The molecule has 1 aromatic carbocycles. The molecule has 2 saturated heterocycles. The summed E-state index contributed by atoms with van der Waals surface area (Å²) in [6.07, 6.45) is 2.56. The molecule has 5 rings (SSSR count). The number of likely N-dealkylation sites (tertiary alicyclic amines) is 1. The molecule has 7 nitrogen and oxygen atoms in total. The SMILES string of the molecule is O=C(c1ccc(-c2cc(-c3ccnc(OCC4(O)COC4)c3)cs2)c(Cl)c1)N1CCC(O)CC1. The maximum Gasteiger partial charge on any atom is 0.253 e. The molecule has 2 N–H and O–H groups in total. The first-order chi connectivity index (χ1) is 16.4. The van der Waals surface area contributed by atoms with Crippen molar-refractivity contribution in [2.75, 3.05) is 32.9 Å². The molecule has 2 fully saturated rings. The van der Waals surface area contributed by atoms with Gasteiger partial charge in [0, 0.05) is 41.4 Å². The van der Waals surface area contributed by atoms with Crippen molar-refractivity contribution < 1.29 is 24.5 Å². The van der Waals surface area contributed by atoms with Crippen molar-refractivity contribution in [1.82, 2.24) is 9.88 Å². The molecule has 4 heterocycles. The number of piperidine rings is 1. The van der Waals surface area contributed by atoms with Gasteiger partial charge in [-0.25, -0.2) is 4.98 Å². The van der Waals surface area contributed by atoms with Gasteiger partial charge in [0.25, 0.3) is 5.91 Å². The summed E-state index contributed by atoms with van der Waals surface area (Å²) < 4.78 is 10.7. The number of rotatable bonds is 6. The van der Waals surface area contributed by atoms with Gasteiger partial charge >= 0.3 is 0 Å². The molecule has 0 spiro atoms. The predicted molar refractivity (Wildman–Crippen MR) is 130 cm³/mol. The molecule has 2 aromatic heterocycles. The molecule has 0 radical (unpaired) electrons. The average Bonchev–Trinajstić information content (AvgIpc) is 3.32. The normalized spacial score (nSPS) is 17.9. The standard InChI is InChI=1S/C25H25ClN2O5S/c26-21-9-17(24(30)28-7-4-19(29)5-8-28)1-2-20(21)22-10-18(12-34-22)16-3-6-27-23(11-16)33-15-25(31)13-32-14-25/h1-3,6,9-12,19,29,31H,4-5,7-8,13-15H2. The molecule has 0 atom stereocenters. The molecule has 2 aliphatic rings. The third kappa shape index (κ3) is 4.96. The largest absolute Gasteiger partial charge is 0.474 e. The lowest BCUT2D eigenvalue weighted by Gasteiger charge is -2.35. The Balaban J connectivity index is 1.30. The van der Waals surface area contributed by atoms with Gasteiger partial charge in [0.1, 0.15) is 12.2 Å². The highest BCUT2D eigenvalue weighted by atomic mass is 35.5. The van der Waals surface area contributed by atoms with E-state index in [1.165, 1.54) is 0 Å². The Morgan fingerprint density at radius 3 is 2.71 bits per heavy atom. The lowest BCUT2D eigenvalue weighted by Crippen LogP contribution is -2.53. The van der Waals surface area contributed by atoms with Gasteiger partial charge in [-0.3, -0.25) is 4.79 Å². The van der Waals surface area contributed by atoms with Crippen molar-refractivity contribution in [3.63, 3.8) is 0 Å². The molecule has 178 valence electrons. The van der Waals surface area contributed by atoms with E-state index in [1.807, 2.05) is 29.6 Å². The zero-order valence-corrected chi connectivity index (χ0v) is 20.0. The number of halogens is 1. The molecule has 0 unspecified atom stereocenters. The summed E-state index contributed by atoms with van der Waals surface area (Å²) in [5, 5.41) is 22.4. The number of amides is 1. The maximum atomic E-state index is 12.8. The zero-order valence-electron chi connectivity index (χ0n) is 18.4. The number of carbonyl (C=O) groups is 1. The van der Waals surface area contributed by atoms with Crippen LogP contribution in [0.5, 0.6) is 5.88 Å². The number of pyridine rings is 1. The fraction of sp³-hybridized carbons (Fsp3) is 0.360. The van der Waals surface area contributed by atoms with Crippen LogP contribution in [0.3, 0.4) is 0 Å². The Labute approximate surface area is 206 Å². The van der Waals surface area contributed by atoms with E-state index >= 15 is 0 Å². The lowest BCUT2D eigenvalue weighted by molar-refractivity contribution is -0.192. The number of aliphatic hydroxyl groups is 2. The number of thiophene rings is 1. The minimum atomic E-state index is -0.938. The van der Waals surface area contributed by atoms with Crippen LogP contribution in [0.1, 0.15) is 23.2 Å². The van der Waals surface area contributed by atoms with Gasteiger partial charge in [0.2, 0.25) is 5.88 Å². The summed E-state index contributed by atoms with van der Waals surface area (Å²) in [7, 11) is 0. The minimum Gasteiger partial charge on any atom is -0.474 e. The van der Waals surface area contributed by atoms with Crippen LogP contribution < -0.4 is 4.74 Å². The number of aromatic nitrogens is 1. The predicted octanol–water partition coefficient (Wildman–Crippen LogP) is 3.87. The zero-order chi connectivity index (χ0) is 23.7. The van der Waals surface area contributed by atoms with Crippen molar-refractivity contribution in [2.45, 2.75) is 24.5 Å². The number of hydrogen-bond donors (Lipinski definition) is 2. The van der Waals surface area contributed by atoms with E-state index in [2.05, 4.69) is 4.98 Å². The van der Waals surface area contributed by atoms with Gasteiger partial charge < -0.3 is 24.6 Å². The summed E-state index contributed by atoms with van der Waals surface area (Å²) in [6.45, 7) is 1.79. The number of nitrogens with zero attached hydrogens (tertiary/aromatic N) is 2. The van der Waals surface area contributed by atoms with Crippen LogP contribution in [0.25, 0.3) is 21.6 Å². The lowest BCUT2D eigenvalue weighted by atomic mass is 10.0. The van der Waals surface area contributed by atoms with E-state index in [-0.39, 0.29) is 31.8 Å². The first-order valence-electron chi connectivity index (χ1n) is 11.2. The van der Waals surface area contributed by atoms with Crippen molar-refractivity contribution in [1.29, 1.82) is 0 Å². The van der Waals surface area contributed by atoms with Crippen LogP contribution in [0.4, 0.5) is 0 Å². The molecule has 34 heavy (non-hydrogen) atoms. The first kappa shape index (κ1) is 23.3. The van der Waals surface area contributed by atoms with Crippen molar-refractivity contribution in [3.05, 3.63) is 58.6 Å². The third-order valence-corrected chi connectivity index (χ3v) is 7.41. The molecule has 3 aromatic rings. The van der Waals surface area contributed by atoms with Gasteiger partial charge in [0.15, 0.2) is 0 Å². The molecule has 2 aliphatic heterocycles. The number of benzene rings is 1. The smallest absolute Gasteiger partial charge is 0.253 e. The van der Waals surface area contributed by atoms with Crippen molar-refractivity contribution in [2.24, 2.45) is 0 Å². The van der Waals surface area contributed by atoms with E-state index in [9.17, 15) is 15.0 Å². The number of hydrogen-bond acceptors (Lipinski definition) is 7. The highest BCUT2D eigenvalue weighted by Gasteiger charge is 2.37. The molecule has 0 bridgehead atoms. The molecule has 1 amide bonds. The molecule has 9 heteroatoms. The molecule has 0 saturated carbocycles. The van der Waals surface area contributed by atoms with Crippen LogP contribution in [-0.2, 0) is 4.74 Å². The molecular formula is C25H25ClN2O5S. The quantitative estimate of drug-likeness (QED) is 0.534. The Bertz CT molecular complexity index is 1190. The van der Waals surface area contributed by atoms with E-state index in [1.54, 1.807) is 34.6 Å². The maximum absolute atomic E-state index is 12.8. The summed E-state index contributed by atoms with van der Waals surface area (Å²) in [4.78, 5) is 19.8. The van der Waals surface area contributed by atoms with E-state index in [4.69, 9.17) is 21.1 Å². The molecular weight excluding hydrogens is 476 g/mol. The Hall–Kier alpha value is -2.49. The van der Waals surface area contributed by atoms with Gasteiger partial charge in [-0.15, -0.1) is 11.3 Å². The Kier molecular flexibility index (Phi) is 6.59. The summed E-state index contributed by atoms with van der Waals surface area (Å²) in [5.74, 6) is 0.381. The fourth-order valence-corrected chi connectivity index (χ4v) is 5.32.